The van der Waals surface area contributed by atoms with Gasteiger partial charge in [0.2, 0.25) is 0 Å². The van der Waals surface area contributed by atoms with Crippen molar-refractivity contribution in [3.63, 3.8) is 0 Å². The van der Waals surface area contributed by atoms with Crippen LogP contribution in [0.1, 0.15) is 29.8 Å². The number of non-ortho nitro benzene ring substituents is 1. The van der Waals surface area contributed by atoms with Crippen molar-refractivity contribution < 1.29 is 14.5 Å². The van der Waals surface area contributed by atoms with E-state index >= 15 is 0 Å². The average Bonchev–Trinajstić information content (AvgIpc) is 3.10. The summed E-state index contributed by atoms with van der Waals surface area (Å²) in [4.78, 5) is 28.6. The lowest BCUT2D eigenvalue weighted by atomic mass is 10.1. The average molecular weight is 329 g/mol. The first-order chi connectivity index (χ1) is 11.6. The Balaban J connectivity index is 1.63. The van der Waals surface area contributed by atoms with E-state index in [0.717, 1.165) is 25.9 Å². The van der Waals surface area contributed by atoms with Crippen molar-refractivity contribution in [1.29, 1.82) is 0 Å². The lowest BCUT2D eigenvalue weighted by molar-refractivity contribution is -0.383. The molecule has 2 aliphatic rings. The highest BCUT2D eigenvalue weighted by Crippen LogP contribution is 2.32. The van der Waals surface area contributed by atoms with E-state index in [1.54, 1.807) is 18.2 Å². The van der Waals surface area contributed by atoms with E-state index < -0.39 is 4.92 Å². The molecule has 4 rings (SSSR count). The van der Waals surface area contributed by atoms with Crippen LogP contribution >= 0.6 is 0 Å². The van der Waals surface area contributed by atoms with E-state index in [4.69, 9.17) is 4.74 Å². The number of H-pyrrole nitrogens is 1. The summed E-state index contributed by atoms with van der Waals surface area (Å²) in [5.41, 5.74) is 0.824. The molecule has 1 saturated heterocycles. The quantitative estimate of drug-likeness (QED) is 0.675. The third-order valence-electron chi connectivity index (χ3n) is 4.79. The zero-order valence-corrected chi connectivity index (χ0v) is 13.2. The summed E-state index contributed by atoms with van der Waals surface area (Å²) in [6.45, 7) is 2.16. The molecule has 1 N–H and O–H groups in total. The Morgan fingerprint density at radius 3 is 2.88 bits per heavy atom. The number of nitro benzene ring substituents is 1. The van der Waals surface area contributed by atoms with Crippen LogP contribution in [0.25, 0.3) is 10.9 Å². The van der Waals surface area contributed by atoms with E-state index in [2.05, 4.69) is 4.98 Å². The highest BCUT2D eigenvalue weighted by molar-refractivity contribution is 6.00. The van der Waals surface area contributed by atoms with Gasteiger partial charge in [-0.15, -0.1) is 0 Å². The minimum absolute atomic E-state index is 0.00582. The number of aromatic nitrogens is 1. The Bertz CT molecular complexity index is 790. The molecule has 0 unspecified atom stereocenters. The van der Waals surface area contributed by atoms with Gasteiger partial charge in [0.1, 0.15) is 11.2 Å². The summed E-state index contributed by atoms with van der Waals surface area (Å²) in [6, 6.07) is 6.87. The number of carbonyl (C=O) groups is 1. The Morgan fingerprint density at radius 2 is 2.21 bits per heavy atom. The molecule has 1 aliphatic heterocycles. The standard InChI is InChI=1S/C17H19N3O4/c21-17(19(13-4-5-13)9-11-6-7-24-10-11)14-8-12-2-1-3-15(20(22)23)16(12)18-14/h1-3,8,11,13,18H,4-7,9-10H2/t11-/m0/s1. The molecule has 2 aromatic rings. The molecule has 1 atom stereocenters. The monoisotopic (exact) mass is 329 g/mol. The van der Waals surface area contributed by atoms with Gasteiger partial charge in [-0.25, -0.2) is 0 Å². The number of para-hydroxylation sites is 1. The van der Waals surface area contributed by atoms with Crippen LogP contribution in [0.2, 0.25) is 0 Å². The third kappa shape index (κ3) is 2.75. The van der Waals surface area contributed by atoms with Gasteiger partial charge in [0.05, 0.1) is 11.5 Å². The third-order valence-corrected chi connectivity index (χ3v) is 4.79. The number of hydrogen-bond acceptors (Lipinski definition) is 4. The van der Waals surface area contributed by atoms with Crippen LogP contribution in [-0.4, -0.2) is 46.5 Å². The van der Waals surface area contributed by atoms with Gasteiger partial charge in [-0.2, -0.15) is 0 Å². The number of fused-ring (bicyclic) bond motifs is 1. The molecule has 1 aromatic heterocycles. The fourth-order valence-electron chi connectivity index (χ4n) is 3.35. The number of carbonyl (C=O) groups excluding carboxylic acids is 1. The second-order valence-electron chi connectivity index (χ2n) is 6.60. The molecule has 1 aliphatic carbocycles. The predicted molar refractivity (Wildman–Crippen MR) is 87.9 cm³/mol. The maximum atomic E-state index is 12.9. The van der Waals surface area contributed by atoms with Gasteiger partial charge in [-0.3, -0.25) is 14.9 Å². The maximum Gasteiger partial charge on any atom is 0.293 e. The van der Waals surface area contributed by atoms with Crippen molar-refractivity contribution in [3.05, 3.63) is 40.1 Å². The largest absolute Gasteiger partial charge is 0.381 e. The molecule has 7 heteroatoms. The summed E-state index contributed by atoms with van der Waals surface area (Å²) in [7, 11) is 0. The molecule has 0 bridgehead atoms. The van der Waals surface area contributed by atoms with Crippen LogP contribution in [0, 0.1) is 16.0 Å². The lowest BCUT2D eigenvalue weighted by Crippen LogP contribution is -2.37. The normalized spacial score (nSPS) is 20.4. The van der Waals surface area contributed by atoms with E-state index in [1.807, 2.05) is 4.90 Å². The number of nitrogens with zero attached hydrogens (tertiary/aromatic N) is 2. The number of aromatic amines is 1. The molecular formula is C17H19N3O4. The van der Waals surface area contributed by atoms with E-state index in [1.165, 1.54) is 6.07 Å². The van der Waals surface area contributed by atoms with Gasteiger partial charge < -0.3 is 14.6 Å². The summed E-state index contributed by atoms with van der Waals surface area (Å²) in [6.07, 6.45) is 3.04. The molecule has 0 spiro atoms. The van der Waals surface area contributed by atoms with Gasteiger partial charge in [0.15, 0.2) is 0 Å². The number of nitro groups is 1. The predicted octanol–water partition coefficient (Wildman–Crippen LogP) is 2.72. The smallest absolute Gasteiger partial charge is 0.293 e. The molecule has 2 fully saturated rings. The molecule has 2 heterocycles. The Kier molecular flexibility index (Phi) is 3.72. The van der Waals surface area contributed by atoms with Gasteiger partial charge >= 0.3 is 0 Å². The van der Waals surface area contributed by atoms with Gasteiger partial charge in [-0.05, 0) is 25.3 Å². The summed E-state index contributed by atoms with van der Waals surface area (Å²) in [5.74, 6) is 0.308. The van der Waals surface area contributed by atoms with Gasteiger partial charge in [-0.1, -0.05) is 12.1 Å². The maximum absolute atomic E-state index is 12.9. The molecule has 24 heavy (non-hydrogen) atoms. The molecular weight excluding hydrogens is 310 g/mol. The second-order valence-corrected chi connectivity index (χ2v) is 6.60. The molecule has 7 nitrogen and oxygen atoms in total. The summed E-state index contributed by atoms with van der Waals surface area (Å²) >= 11 is 0. The first-order valence-electron chi connectivity index (χ1n) is 8.28. The summed E-state index contributed by atoms with van der Waals surface area (Å²) in [5, 5.41) is 11.8. The zero-order chi connectivity index (χ0) is 16.7. The van der Waals surface area contributed by atoms with Crippen molar-refractivity contribution in [2.75, 3.05) is 19.8 Å². The second kappa shape index (κ2) is 5.90. The van der Waals surface area contributed by atoms with E-state index in [-0.39, 0.29) is 11.6 Å². The topological polar surface area (TPSA) is 88.5 Å². The lowest BCUT2D eigenvalue weighted by Gasteiger charge is -2.24. The molecule has 1 saturated carbocycles. The van der Waals surface area contributed by atoms with Crippen molar-refractivity contribution in [2.45, 2.75) is 25.3 Å². The van der Waals surface area contributed by atoms with Gasteiger partial charge in [0.25, 0.3) is 11.6 Å². The minimum Gasteiger partial charge on any atom is -0.381 e. The number of amides is 1. The number of hydrogen-bond donors (Lipinski definition) is 1. The van der Waals surface area contributed by atoms with Crippen LogP contribution in [0.3, 0.4) is 0 Å². The first kappa shape index (κ1) is 15.1. The van der Waals surface area contributed by atoms with Crippen molar-refractivity contribution in [3.8, 4) is 0 Å². The highest BCUT2D eigenvalue weighted by Gasteiger charge is 2.36. The van der Waals surface area contributed by atoms with Crippen molar-refractivity contribution >= 4 is 22.5 Å². The van der Waals surface area contributed by atoms with Crippen molar-refractivity contribution in [1.82, 2.24) is 9.88 Å². The van der Waals surface area contributed by atoms with Gasteiger partial charge in [0, 0.05) is 36.6 Å². The SMILES string of the molecule is O=C(c1cc2cccc([N+](=O)[O-])c2[nH]1)N(C[C@@H]1CCOC1)C1CC1. The number of ether oxygens (including phenoxy) is 1. The number of rotatable bonds is 5. The molecule has 0 radical (unpaired) electrons. The van der Waals surface area contributed by atoms with Crippen LogP contribution in [0.15, 0.2) is 24.3 Å². The highest BCUT2D eigenvalue weighted by atomic mass is 16.6. The van der Waals surface area contributed by atoms with E-state index in [9.17, 15) is 14.9 Å². The number of benzene rings is 1. The van der Waals surface area contributed by atoms with Crippen LogP contribution in [0.5, 0.6) is 0 Å². The Morgan fingerprint density at radius 1 is 1.38 bits per heavy atom. The van der Waals surface area contributed by atoms with Crippen molar-refractivity contribution in [2.24, 2.45) is 5.92 Å². The fourth-order valence-corrected chi connectivity index (χ4v) is 3.35. The molecule has 1 aromatic carbocycles. The molecule has 126 valence electrons. The van der Waals surface area contributed by atoms with E-state index in [0.29, 0.717) is 41.7 Å². The van der Waals surface area contributed by atoms with Crippen LogP contribution < -0.4 is 0 Å². The Labute approximate surface area is 138 Å². The van der Waals surface area contributed by atoms with Crippen LogP contribution in [-0.2, 0) is 4.74 Å². The fraction of sp³-hybridized carbons (Fsp3) is 0.471. The molecule has 1 amide bonds. The summed E-state index contributed by atoms with van der Waals surface area (Å²) < 4.78 is 5.41. The minimum atomic E-state index is -0.429. The number of nitrogens with one attached hydrogen (secondary N) is 1. The zero-order valence-electron chi connectivity index (χ0n) is 13.2. The van der Waals surface area contributed by atoms with Crippen LogP contribution in [0.4, 0.5) is 5.69 Å². The first-order valence-corrected chi connectivity index (χ1v) is 8.28. The Hall–Kier alpha value is -2.41.